The number of alkyl halides is 1. The number of aromatic nitrogens is 2. The van der Waals surface area contributed by atoms with Crippen LogP contribution in [0.2, 0.25) is 0 Å². The molecule has 1 aliphatic rings. The zero-order valence-corrected chi connectivity index (χ0v) is 12.3. The second-order valence-corrected chi connectivity index (χ2v) is 5.00. The monoisotopic (exact) mass is 312 g/mol. The number of piperidine rings is 1. The van der Waals surface area contributed by atoms with Gasteiger partial charge < -0.3 is 15.0 Å². The van der Waals surface area contributed by atoms with Gasteiger partial charge in [0.05, 0.1) is 12.1 Å². The molecule has 2 rings (SSSR count). The number of ether oxygens (including phenoxy) is 1. The van der Waals surface area contributed by atoms with E-state index in [1.54, 1.807) is 4.90 Å². The van der Waals surface area contributed by atoms with E-state index in [2.05, 4.69) is 15.3 Å². The number of carbonyl (C=O) groups is 2. The van der Waals surface area contributed by atoms with Crippen LogP contribution >= 0.6 is 11.6 Å². The second-order valence-electron chi connectivity index (χ2n) is 4.63. The van der Waals surface area contributed by atoms with E-state index in [1.165, 1.54) is 18.6 Å². The summed E-state index contributed by atoms with van der Waals surface area (Å²) in [4.78, 5) is 33.2. The van der Waals surface area contributed by atoms with E-state index in [9.17, 15) is 9.59 Å². The van der Waals surface area contributed by atoms with Crippen molar-refractivity contribution in [1.82, 2.24) is 20.2 Å². The predicted octanol–water partition coefficient (Wildman–Crippen LogP) is 1.05. The molecule has 1 aromatic heterocycles. The molecule has 0 atom stereocenters. The largest absolute Gasteiger partial charge is 0.448 e. The van der Waals surface area contributed by atoms with Crippen LogP contribution in [0.4, 0.5) is 4.79 Å². The predicted molar refractivity (Wildman–Crippen MR) is 76.2 cm³/mol. The van der Waals surface area contributed by atoms with Crippen LogP contribution in [0.15, 0.2) is 18.6 Å². The minimum Gasteiger partial charge on any atom is -0.448 e. The van der Waals surface area contributed by atoms with Crippen molar-refractivity contribution in [3.8, 4) is 0 Å². The highest BCUT2D eigenvalue weighted by Gasteiger charge is 2.25. The maximum atomic E-state index is 12.2. The Kier molecular flexibility index (Phi) is 5.74. The van der Waals surface area contributed by atoms with Gasteiger partial charge in [-0.3, -0.25) is 9.78 Å². The first-order chi connectivity index (χ1) is 10.2. The minimum absolute atomic E-state index is 0.0127. The van der Waals surface area contributed by atoms with Crippen LogP contribution in [0, 0.1) is 0 Å². The maximum absolute atomic E-state index is 12.2. The fraction of sp³-hybridized carbons (Fsp3) is 0.538. The van der Waals surface area contributed by atoms with E-state index in [0.29, 0.717) is 31.6 Å². The molecule has 0 unspecified atom stereocenters. The molecule has 7 nitrogen and oxygen atoms in total. The van der Waals surface area contributed by atoms with Crippen LogP contribution in [-0.4, -0.2) is 58.5 Å². The van der Waals surface area contributed by atoms with Crippen LogP contribution in [0.1, 0.15) is 23.3 Å². The zero-order valence-electron chi connectivity index (χ0n) is 11.5. The number of hydrogen-bond acceptors (Lipinski definition) is 5. The van der Waals surface area contributed by atoms with Gasteiger partial charge in [0.15, 0.2) is 0 Å². The van der Waals surface area contributed by atoms with Crippen LogP contribution in [0.5, 0.6) is 0 Å². The van der Waals surface area contributed by atoms with Gasteiger partial charge in [0.25, 0.3) is 5.91 Å². The summed E-state index contributed by atoms with van der Waals surface area (Å²) in [5.74, 6) is 0.143. The summed E-state index contributed by atoms with van der Waals surface area (Å²) in [6.45, 7) is 1.32. The molecule has 0 radical (unpaired) electrons. The lowest BCUT2D eigenvalue weighted by Gasteiger charge is -2.31. The van der Waals surface area contributed by atoms with E-state index in [0.717, 1.165) is 0 Å². The molecule has 114 valence electrons. The minimum atomic E-state index is -0.464. The number of likely N-dealkylation sites (tertiary alicyclic amines) is 1. The first-order valence-electron chi connectivity index (χ1n) is 6.75. The van der Waals surface area contributed by atoms with Gasteiger partial charge in [-0.25, -0.2) is 9.78 Å². The molecular formula is C13H17ClN4O3. The highest BCUT2D eigenvalue weighted by atomic mass is 35.5. The molecule has 2 heterocycles. The van der Waals surface area contributed by atoms with Gasteiger partial charge in [-0.2, -0.15) is 0 Å². The van der Waals surface area contributed by atoms with Crippen LogP contribution in [0.25, 0.3) is 0 Å². The first kappa shape index (κ1) is 15.5. The Morgan fingerprint density at radius 2 is 2.14 bits per heavy atom. The Morgan fingerprint density at radius 3 is 2.76 bits per heavy atom. The number of amides is 2. The Bertz CT molecular complexity index is 478. The average Bonchev–Trinajstić information content (AvgIpc) is 2.54. The third kappa shape index (κ3) is 4.56. The fourth-order valence-corrected chi connectivity index (χ4v) is 2.22. The lowest BCUT2D eigenvalue weighted by atomic mass is 10.1. The van der Waals surface area contributed by atoms with Crippen molar-refractivity contribution in [3.05, 3.63) is 24.3 Å². The normalized spacial score (nSPS) is 15.6. The smallest absolute Gasteiger partial charge is 0.407 e. The molecule has 0 aromatic carbocycles. The fourth-order valence-electron chi connectivity index (χ4n) is 2.14. The van der Waals surface area contributed by atoms with Gasteiger partial charge in [0.2, 0.25) is 0 Å². The van der Waals surface area contributed by atoms with Gasteiger partial charge in [-0.1, -0.05) is 0 Å². The van der Waals surface area contributed by atoms with Crippen LogP contribution < -0.4 is 5.32 Å². The third-order valence-corrected chi connectivity index (χ3v) is 3.35. The van der Waals surface area contributed by atoms with E-state index >= 15 is 0 Å². The molecule has 1 fully saturated rings. The second kappa shape index (κ2) is 7.78. The number of nitrogens with one attached hydrogen (secondary N) is 1. The summed E-state index contributed by atoms with van der Waals surface area (Å²) in [6.07, 6.45) is 5.38. The quantitative estimate of drug-likeness (QED) is 0.840. The SMILES string of the molecule is O=C(NC1CCN(C(=O)c2cnccn2)CC1)OCCCl. The lowest BCUT2D eigenvalue weighted by molar-refractivity contribution is 0.0696. The molecule has 0 spiro atoms. The maximum Gasteiger partial charge on any atom is 0.407 e. The zero-order chi connectivity index (χ0) is 15.1. The molecule has 0 saturated carbocycles. The van der Waals surface area contributed by atoms with Crippen molar-refractivity contribution in [1.29, 1.82) is 0 Å². The summed E-state index contributed by atoms with van der Waals surface area (Å²) in [5, 5.41) is 2.77. The molecule has 8 heteroatoms. The van der Waals surface area contributed by atoms with Crippen molar-refractivity contribution >= 4 is 23.6 Å². The summed E-state index contributed by atoms with van der Waals surface area (Å²) in [5.41, 5.74) is 0.338. The Balaban J connectivity index is 1.78. The van der Waals surface area contributed by atoms with Gasteiger partial charge in [0.1, 0.15) is 12.3 Å². The summed E-state index contributed by atoms with van der Waals surface area (Å²) >= 11 is 5.44. The van der Waals surface area contributed by atoms with Crippen molar-refractivity contribution in [2.45, 2.75) is 18.9 Å². The lowest BCUT2D eigenvalue weighted by Crippen LogP contribution is -2.46. The van der Waals surface area contributed by atoms with Crippen molar-refractivity contribution in [2.24, 2.45) is 0 Å². The highest BCUT2D eigenvalue weighted by molar-refractivity contribution is 6.18. The summed E-state index contributed by atoms with van der Waals surface area (Å²) in [6, 6.07) is 0.0127. The Morgan fingerprint density at radius 1 is 1.38 bits per heavy atom. The molecule has 21 heavy (non-hydrogen) atoms. The average molecular weight is 313 g/mol. The van der Waals surface area contributed by atoms with Gasteiger partial charge in [-0.05, 0) is 12.8 Å². The molecule has 1 aliphatic heterocycles. The number of rotatable bonds is 4. The van der Waals surface area contributed by atoms with Crippen molar-refractivity contribution in [3.63, 3.8) is 0 Å². The highest BCUT2D eigenvalue weighted by Crippen LogP contribution is 2.13. The molecule has 0 aliphatic carbocycles. The number of halogens is 1. The number of alkyl carbamates (subject to hydrolysis) is 1. The van der Waals surface area contributed by atoms with E-state index in [1.807, 2.05) is 0 Å². The number of carbonyl (C=O) groups excluding carboxylic acids is 2. The molecule has 0 bridgehead atoms. The van der Waals surface area contributed by atoms with Gasteiger partial charge >= 0.3 is 6.09 Å². The summed E-state index contributed by atoms with van der Waals surface area (Å²) < 4.78 is 4.86. The van der Waals surface area contributed by atoms with Crippen LogP contribution in [-0.2, 0) is 4.74 Å². The number of hydrogen-bond donors (Lipinski definition) is 1. The summed E-state index contributed by atoms with van der Waals surface area (Å²) in [7, 11) is 0. The molecule has 1 saturated heterocycles. The van der Waals surface area contributed by atoms with Crippen molar-refractivity contribution < 1.29 is 14.3 Å². The van der Waals surface area contributed by atoms with E-state index < -0.39 is 6.09 Å². The molecule has 1 aromatic rings. The van der Waals surface area contributed by atoms with E-state index in [4.69, 9.17) is 16.3 Å². The third-order valence-electron chi connectivity index (χ3n) is 3.20. The van der Waals surface area contributed by atoms with Gasteiger partial charge in [0, 0.05) is 31.5 Å². The number of nitrogens with zero attached hydrogens (tertiary/aromatic N) is 3. The van der Waals surface area contributed by atoms with E-state index in [-0.39, 0.29) is 24.4 Å². The topological polar surface area (TPSA) is 84.4 Å². The molecule has 2 amide bonds. The first-order valence-corrected chi connectivity index (χ1v) is 7.28. The Labute approximate surface area is 127 Å². The molecule has 1 N–H and O–H groups in total. The van der Waals surface area contributed by atoms with Gasteiger partial charge in [-0.15, -0.1) is 11.6 Å². The Hall–Kier alpha value is -1.89. The van der Waals surface area contributed by atoms with Crippen LogP contribution in [0.3, 0.4) is 0 Å². The standard InChI is InChI=1S/C13H17ClN4O3/c14-3-8-21-13(20)17-10-1-6-18(7-2-10)12(19)11-9-15-4-5-16-11/h4-5,9-10H,1-3,6-8H2,(H,17,20). The molecular weight excluding hydrogens is 296 g/mol. The van der Waals surface area contributed by atoms with Crippen molar-refractivity contribution in [2.75, 3.05) is 25.6 Å².